The molecule has 1 aliphatic heterocycles. The molecule has 37 heavy (non-hydrogen) atoms. The van der Waals surface area contributed by atoms with Gasteiger partial charge in [-0.05, 0) is 62.0 Å². The number of nitrogens with zero attached hydrogens (tertiary/aromatic N) is 1. The highest BCUT2D eigenvalue weighted by molar-refractivity contribution is 5.42. The minimum absolute atomic E-state index is 0.114. The summed E-state index contributed by atoms with van der Waals surface area (Å²) in [7, 11) is 0. The summed E-state index contributed by atoms with van der Waals surface area (Å²) in [5.41, 5.74) is 3.74. The van der Waals surface area contributed by atoms with Crippen LogP contribution in [0.5, 0.6) is 11.6 Å². The molecule has 0 bridgehead atoms. The molecule has 5 atom stereocenters. The smallest absolute Gasteiger partial charge is 0.238 e. The summed E-state index contributed by atoms with van der Waals surface area (Å²) < 4.78 is 17.3. The zero-order valence-electron chi connectivity index (χ0n) is 21.8. The Hall–Kier alpha value is -2.25. The molecule has 11 heteroatoms. The van der Waals surface area contributed by atoms with Crippen LogP contribution in [-0.2, 0) is 11.2 Å². The predicted molar refractivity (Wildman–Crippen MR) is 136 cm³/mol. The van der Waals surface area contributed by atoms with Gasteiger partial charge in [-0.25, -0.2) is 0 Å². The molecule has 1 saturated heterocycles. The summed E-state index contributed by atoms with van der Waals surface area (Å²) in [6, 6.07) is 5.91. The number of H-pyrrole nitrogens is 1. The van der Waals surface area contributed by atoms with Crippen LogP contribution >= 0.6 is 0 Å². The minimum atomic E-state index is -1.53. The molecule has 0 spiro atoms. The van der Waals surface area contributed by atoms with E-state index in [1.54, 1.807) is 0 Å². The lowest BCUT2D eigenvalue weighted by molar-refractivity contribution is -0.278. The van der Waals surface area contributed by atoms with Crippen molar-refractivity contribution >= 4 is 0 Å². The fourth-order valence-corrected chi connectivity index (χ4v) is 4.24. The second-order valence-corrected chi connectivity index (χ2v) is 9.69. The van der Waals surface area contributed by atoms with Crippen LogP contribution in [0.2, 0.25) is 0 Å². The highest BCUT2D eigenvalue weighted by Gasteiger charge is 2.45. The number of rotatable bonds is 14. The van der Waals surface area contributed by atoms with Crippen molar-refractivity contribution in [3.8, 4) is 11.6 Å². The van der Waals surface area contributed by atoms with E-state index < -0.39 is 37.3 Å². The van der Waals surface area contributed by atoms with E-state index in [1.807, 2.05) is 39.0 Å². The summed E-state index contributed by atoms with van der Waals surface area (Å²) in [4.78, 5) is 0. The van der Waals surface area contributed by atoms with Gasteiger partial charge < -0.3 is 45.1 Å². The van der Waals surface area contributed by atoms with Gasteiger partial charge in [-0.2, -0.15) is 0 Å². The maximum absolute atomic E-state index is 10.4. The molecule has 7 N–H and O–H groups in total. The summed E-state index contributed by atoms with van der Waals surface area (Å²) in [6.45, 7) is 7.91. The van der Waals surface area contributed by atoms with Crippen molar-refractivity contribution < 1.29 is 39.7 Å². The number of aliphatic hydroxyl groups excluding tert-OH is 5. The molecule has 3 rings (SSSR count). The lowest BCUT2D eigenvalue weighted by Gasteiger charge is -2.39. The van der Waals surface area contributed by atoms with Gasteiger partial charge >= 0.3 is 0 Å². The maximum Gasteiger partial charge on any atom is 0.238 e. The van der Waals surface area contributed by atoms with Gasteiger partial charge in [-0.1, -0.05) is 19.9 Å². The number of aromatic nitrogens is 2. The standard InChI is InChI=1S/C26H41N3O8/c1-15(2)21-19(25(29-28-21)37-26-24(34)23(33)22(32)20(14-31)36-26)13-17-6-7-18(12-16(17)3)35-11-5-9-27-8-4-10-30/h6-7,12,15,20,22-24,26-27,30-34H,4-5,8-11,13-14H2,1-3H3,(H,28,29)/t20-,22-,23+,24-,26+/m1/s1. The molecule has 1 aromatic carbocycles. The molecule has 2 heterocycles. The average Bonchev–Trinajstić information content (AvgIpc) is 3.27. The van der Waals surface area contributed by atoms with Crippen molar-refractivity contribution in [3.63, 3.8) is 0 Å². The number of ether oxygens (including phenoxy) is 3. The van der Waals surface area contributed by atoms with Gasteiger partial charge in [-0.15, -0.1) is 5.10 Å². The third-order valence-electron chi connectivity index (χ3n) is 6.47. The van der Waals surface area contributed by atoms with Gasteiger partial charge in [0.2, 0.25) is 12.2 Å². The van der Waals surface area contributed by atoms with Crippen molar-refractivity contribution in [2.75, 3.05) is 32.9 Å². The molecular weight excluding hydrogens is 482 g/mol. The third-order valence-corrected chi connectivity index (χ3v) is 6.47. The Bertz CT molecular complexity index is 967. The zero-order chi connectivity index (χ0) is 26.9. The lowest BCUT2D eigenvalue weighted by atomic mass is 9.96. The van der Waals surface area contributed by atoms with E-state index in [0.717, 1.165) is 54.1 Å². The van der Waals surface area contributed by atoms with Crippen LogP contribution in [0.15, 0.2) is 18.2 Å². The fraction of sp³-hybridized carbons (Fsp3) is 0.654. The van der Waals surface area contributed by atoms with Gasteiger partial charge in [0.05, 0.1) is 13.2 Å². The number of aryl methyl sites for hydroxylation is 1. The van der Waals surface area contributed by atoms with Crippen LogP contribution in [0.3, 0.4) is 0 Å². The monoisotopic (exact) mass is 523 g/mol. The topological polar surface area (TPSA) is 170 Å². The number of aliphatic hydroxyl groups is 5. The van der Waals surface area contributed by atoms with E-state index >= 15 is 0 Å². The van der Waals surface area contributed by atoms with Gasteiger partial charge in [0.1, 0.15) is 30.2 Å². The van der Waals surface area contributed by atoms with Gasteiger partial charge in [0.15, 0.2) is 0 Å². The molecular formula is C26H41N3O8. The van der Waals surface area contributed by atoms with Crippen LogP contribution in [0.25, 0.3) is 0 Å². The second-order valence-electron chi connectivity index (χ2n) is 9.69. The largest absolute Gasteiger partial charge is 0.494 e. The first-order valence-electron chi connectivity index (χ1n) is 12.8. The lowest BCUT2D eigenvalue weighted by Crippen LogP contribution is -2.60. The van der Waals surface area contributed by atoms with E-state index in [2.05, 4.69) is 15.5 Å². The van der Waals surface area contributed by atoms with Gasteiger partial charge in [-0.3, -0.25) is 5.10 Å². The summed E-state index contributed by atoms with van der Waals surface area (Å²) >= 11 is 0. The highest BCUT2D eigenvalue weighted by Crippen LogP contribution is 2.32. The minimum Gasteiger partial charge on any atom is -0.494 e. The van der Waals surface area contributed by atoms with E-state index in [0.29, 0.717) is 13.0 Å². The van der Waals surface area contributed by atoms with Crippen molar-refractivity contribution in [2.24, 2.45) is 0 Å². The summed E-state index contributed by atoms with van der Waals surface area (Å²) in [5, 5.41) is 59.4. The molecule has 2 aromatic rings. The molecule has 1 fully saturated rings. The molecule has 11 nitrogen and oxygen atoms in total. The first-order chi connectivity index (χ1) is 17.8. The van der Waals surface area contributed by atoms with E-state index in [4.69, 9.17) is 19.3 Å². The normalized spacial score (nSPS) is 24.0. The van der Waals surface area contributed by atoms with Crippen LogP contribution in [0, 0.1) is 6.92 Å². The van der Waals surface area contributed by atoms with Crippen molar-refractivity contribution in [2.45, 2.75) is 76.7 Å². The Kier molecular flexibility index (Phi) is 11.1. The molecule has 0 unspecified atom stereocenters. The molecule has 0 amide bonds. The fourth-order valence-electron chi connectivity index (χ4n) is 4.24. The van der Waals surface area contributed by atoms with Crippen molar-refractivity contribution in [3.05, 3.63) is 40.6 Å². The molecule has 1 aliphatic rings. The van der Waals surface area contributed by atoms with Crippen LogP contribution in [0.1, 0.15) is 55.0 Å². The number of aromatic amines is 1. The Morgan fingerprint density at radius 3 is 2.51 bits per heavy atom. The maximum atomic E-state index is 10.4. The SMILES string of the molecule is Cc1cc(OCCCNCCCO)ccc1Cc1c(O[C@@H]2O[C@H](CO)[C@@H](O)[C@H](O)[C@H]2O)n[nH]c1C(C)C. The third kappa shape index (κ3) is 7.64. The number of benzene rings is 1. The van der Waals surface area contributed by atoms with Crippen LogP contribution in [-0.4, -0.2) is 99.3 Å². The van der Waals surface area contributed by atoms with Crippen LogP contribution < -0.4 is 14.8 Å². The van der Waals surface area contributed by atoms with Crippen LogP contribution in [0.4, 0.5) is 0 Å². The Balaban J connectivity index is 1.68. The molecule has 0 aliphatic carbocycles. The zero-order valence-corrected chi connectivity index (χ0v) is 21.8. The number of hydrogen-bond donors (Lipinski definition) is 7. The Morgan fingerprint density at radius 2 is 1.84 bits per heavy atom. The van der Waals surface area contributed by atoms with E-state index in [-0.39, 0.29) is 18.4 Å². The predicted octanol–water partition coefficient (Wildman–Crippen LogP) is 0.352. The summed E-state index contributed by atoms with van der Waals surface area (Å²) in [5.74, 6) is 1.12. The first kappa shape index (κ1) is 29.3. The Labute approximate surface area is 217 Å². The average molecular weight is 524 g/mol. The number of nitrogens with one attached hydrogen (secondary N) is 2. The second kappa shape index (κ2) is 14.1. The first-order valence-corrected chi connectivity index (χ1v) is 12.8. The Morgan fingerprint density at radius 1 is 1.08 bits per heavy atom. The van der Waals surface area contributed by atoms with Crippen molar-refractivity contribution in [1.82, 2.24) is 15.5 Å². The summed E-state index contributed by atoms with van der Waals surface area (Å²) in [6.07, 6.45) is -4.80. The molecule has 208 valence electrons. The van der Waals surface area contributed by atoms with E-state index in [9.17, 15) is 20.4 Å². The molecule has 0 saturated carbocycles. The van der Waals surface area contributed by atoms with Crippen molar-refractivity contribution in [1.29, 1.82) is 0 Å². The van der Waals surface area contributed by atoms with Gasteiger partial charge in [0, 0.05) is 24.3 Å². The molecule has 1 aromatic heterocycles. The quantitative estimate of drug-likeness (QED) is 0.172. The van der Waals surface area contributed by atoms with Gasteiger partial charge in [0.25, 0.3) is 0 Å². The molecule has 0 radical (unpaired) electrons. The van der Waals surface area contributed by atoms with E-state index in [1.165, 1.54) is 0 Å². The number of hydrogen-bond acceptors (Lipinski definition) is 10. The highest BCUT2D eigenvalue weighted by atomic mass is 16.7.